The van der Waals surface area contributed by atoms with Gasteiger partial charge in [0, 0.05) is 13.1 Å². The predicted octanol–water partition coefficient (Wildman–Crippen LogP) is 1.86. The Balaban J connectivity index is 2.67. The smallest absolute Gasteiger partial charge is 0.152 e. The minimum atomic E-state index is 0.155. The lowest BCUT2D eigenvalue weighted by molar-refractivity contribution is -0.117. The maximum atomic E-state index is 11.8. The van der Waals surface area contributed by atoms with Gasteiger partial charge in [0.05, 0.1) is 28.8 Å². The standard InChI is InChI=1S/C12H18BrN3O/c1-4-6-14-8-10(17)7-11-12(13)9(3)15-16(11)5-2/h4,14H,1,5-8H2,2-3H3. The van der Waals surface area contributed by atoms with E-state index in [2.05, 4.69) is 32.9 Å². The largest absolute Gasteiger partial charge is 0.307 e. The molecule has 4 nitrogen and oxygen atoms in total. The van der Waals surface area contributed by atoms with Crippen molar-refractivity contribution in [1.29, 1.82) is 0 Å². The number of nitrogens with zero attached hydrogens (tertiary/aromatic N) is 2. The normalized spacial score (nSPS) is 10.5. The van der Waals surface area contributed by atoms with Crippen LogP contribution in [-0.2, 0) is 17.8 Å². The molecule has 0 atom stereocenters. The van der Waals surface area contributed by atoms with E-state index in [1.165, 1.54) is 0 Å². The number of Topliss-reactive ketones (excluding diaryl/α,β-unsaturated/α-hetero) is 1. The van der Waals surface area contributed by atoms with E-state index in [0.717, 1.165) is 22.4 Å². The van der Waals surface area contributed by atoms with Crippen LogP contribution in [0.3, 0.4) is 0 Å². The quantitative estimate of drug-likeness (QED) is 0.617. The second kappa shape index (κ2) is 6.71. The minimum absolute atomic E-state index is 0.155. The molecule has 1 N–H and O–H groups in total. The molecule has 0 aliphatic heterocycles. The fourth-order valence-corrected chi connectivity index (χ4v) is 2.02. The lowest BCUT2D eigenvalue weighted by atomic mass is 10.2. The summed E-state index contributed by atoms with van der Waals surface area (Å²) < 4.78 is 2.81. The number of aryl methyl sites for hydroxylation is 2. The lowest BCUT2D eigenvalue weighted by Crippen LogP contribution is -2.25. The highest BCUT2D eigenvalue weighted by atomic mass is 79.9. The van der Waals surface area contributed by atoms with Gasteiger partial charge in [0.15, 0.2) is 5.78 Å². The molecular weight excluding hydrogens is 282 g/mol. The molecule has 0 saturated heterocycles. The first-order valence-corrected chi connectivity index (χ1v) is 6.44. The van der Waals surface area contributed by atoms with Crippen LogP contribution in [0.25, 0.3) is 0 Å². The van der Waals surface area contributed by atoms with Crippen LogP contribution in [0.5, 0.6) is 0 Å². The van der Waals surface area contributed by atoms with E-state index in [4.69, 9.17) is 0 Å². The van der Waals surface area contributed by atoms with Crippen LogP contribution in [-0.4, -0.2) is 28.7 Å². The summed E-state index contributed by atoms with van der Waals surface area (Å²) in [5, 5.41) is 7.37. The molecule has 0 amide bonds. The number of carbonyl (C=O) groups excluding carboxylic acids is 1. The van der Waals surface area contributed by atoms with Crippen molar-refractivity contribution in [1.82, 2.24) is 15.1 Å². The van der Waals surface area contributed by atoms with Gasteiger partial charge in [0.1, 0.15) is 0 Å². The Hall–Kier alpha value is -0.940. The van der Waals surface area contributed by atoms with Crippen molar-refractivity contribution < 1.29 is 4.79 Å². The van der Waals surface area contributed by atoms with Crippen LogP contribution in [0.4, 0.5) is 0 Å². The molecule has 1 aromatic heterocycles. The van der Waals surface area contributed by atoms with E-state index in [1.54, 1.807) is 6.08 Å². The molecule has 0 saturated carbocycles. The maximum absolute atomic E-state index is 11.8. The Bertz CT molecular complexity index is 412. The van der Waals surface area contributed by atoms with Gasteiger partial charge in [-0.15, -0.1) is 6.58 Å². The maximum Gasteiger partial charge on any atom is 0.152 e. The SMILES string of the molecule is C=CCNCC(=O)Cc1c(Br)c(C)nn1CC. The Labute approximate surface area is 110 Å². The molecule has 17 heavy (non-hydrogen) atoms. The Morgan fingerprint density at radius 3 is 2.94 bits per heavy atom. The number of halogens is 1. The molecule has 0 bridgehead atoms. The van der Waals surface area contributed by atoms with Crippen molar-refractivity contribution >= 4 is 21.7 Å². The molecule has 0 unspecified atom stereocenters. The minimum Gasteiger partial charge on any atom is -0.307 e. The Morgan fingerprint density at radius 2 is 2.35 bits per heavy atom. The molecule has 1 rings (SSSR count). The topological polar surface area (TPSA) is 46.9 Å². The van der Waals surface area contributed by atoms with E-state index >= 15 is 0 Å². The zero-order chi connectivity index (χ0) is 12.8. The second-order valence-electron chi connectivity index (χ2n) is 3.80. The summed E-state index contributed by atoms with van der Waals surface area (Å²) in [7, 11) is 0. The van der Waals surface area contributed by atoms with Gasteiger partial charge >= 0.3 is 0 Å². The van der Waals surface area contributed by atoms with Crippen LogP contribution < -0.4 is 5.32 Å². The summed E-state index contributed by atoms with van der Waals surface area (Å²) >= 11 is 3.48. The molecule has 94 valence electrons. The number of hydrogen-bond donors (Lipinski definition) is 1. The van der Waals surface area contributed by atoms with Crippen molar-refractivity contribution in [2.45, 2.75) is 26.8 Å². The van der Waals surface area contributed by atoms with E-state index in [0.29, 0.717) is 19.5 Å². The van der Waals surface area contributed by atoms with Gasteiger partial charge in [-0.25, -0.2) is 0 Å². The van der Waals surface area contributed by atoms with E-state index < -0.39 is 0 Å². The number of hydrogen-bond acceptors (Lipinski definition) is 3. The molecule has 1 aromatic rings. The molecule has 0 aliphatic carbocycles. The summed E-state index contributed by atoms with van der Waals surface area (Å²) in [5.41, 5.74) is 1.88. The van der Waals surface area contributed by atoms with Crippen LogP contribution in [0.2, 0.25) is 0 Å². The molecule has 0 aromatic carbocycles. The van der Waals surface area contributed by atoms with Gasteiger partial charge in [-0.05, 0) is 29.8 Å². The Kier molecular flexibility index (Phi) is 5.58. The van der Waals surface area contributed by atoms with E-state index in [1.807, 2.05) is 18.5 Å². The molecule has 0 spiro atoms. The third-order valence-corrected chi connectivity index (χ3v) is 3.46. The summed E-state index contributed by atoms with van der Waals surface area (Å²) in [5.74, 6) is 0.155. The van der Waals surface area contributed by atoms with Gasteiger partial charge in [-0.2, -0.15) is 5.10 Å². The van der Waals surface area contributed by atoms with Gasteiger partial charge in [-0.1, -0.05) is 6.08 Å². The first-order valence-electron chi connectivity index (χ1n) is 5.65. The fraction of sp³-hybridized carbons (Fsp3) is 0.500. The van der Waals surface area contributed by atoms with E-state index in [9.17, 15) is 4.79 Å². The number of carbonyl (C=O) groups is 1. The van der Waals surface area contributed by atoms with Crippen molar-refractivity contribution in [2.75, 3.05) is 13.1 Å². The first kappa shape index (κ1) is 14.1. The van der Waals surface area contributed by atoms with Crippen molar-refractivity contribution in [2.24, 2.45) is 0 Å². The molecule has 1 heterocycles. The summed E-state index contributed by atoms with van der Waals surface area (Å²) in [6, 6.07) is 0. The molecule has 0 aliphatic rings. The van der Waals surface area contributed by atoms with Gasteiger partial charge in [0.25, 0.3) is 0 Å². The zero-order valence-corrected chi connectivity index (χ0v) is 11.9. The number of aromatic nitrogens is 2. The lowest BCUT2D eigenvalue weighted by Gasteiger charge is -2.05. The monoisotopic (exact) mass is 299 g/mol. The second-order valence-corrected chi connectivity index (χ2v) is 4.59. The van der Waals surface area contributed by atoms with Crippen molar-refractivity contribution in [3.05, 3.63) is 28.5 Å². The molecule has 0 radical (unpaired) electrons. The highest BCUT2D eigenvalue weighted by Crippen LogP contribution is 2.21. The predicted molar refractivity (Wildman–Crippen MR) is 72.1 cm³/mol. The van der Waals surface area contributed by atoms with E-state index in [-0.39, 0.29) is 5.78 Å². The molecule has 5 heteroatoms. The van der Waals surface area contributed by atoms with Crippen LogP contribution in [0.1, 0.15) is 18.3 Å². The van der Waals surface area contributed by atoms with Crippen LogP contribution in [0, 0.1) is 6.92 Å². The first-order chi connectivity index (χ1) is 8.10. The average molecular weight is 300 g/mol. The highest BCUT2D eigenvalue weighted by Gasteiger charge is 2.14. The zero-order valence-electron chi connectivity index (χ0n) is 10.3. The van der Waals surface area contributed by atoms with Crippen molar-refractivity contribution in [3.63, 3.8) is 0 Å². The van der Waals surface area contributed by atoms with Crippen LogP contribution in [0.15, 0.2) is 17.1 Å². The third-order valence-electron chi connectivity index (χ3n) is 2.43. The number of nitrogens with one attached hydrogen (secondary N) is 1. The summed E-state index contributed by atoms with van der Waals surface area (Å²) in [6.45, 7) is 9.33. The molecule has 0 fully saturated rings. The number of ketones is 1. The molecular formula is C12H18BrN3O. The third kappa shape index (κ3) is 3.78. The van der Waals surface area contributed by atoms with Crippen LogP contribution >= 0.6 is 15.9 Å². The fourth-order valence-electron chi connectivity index (χ4n) is 1.60. The van der Waals surface area contributed by atoms with Gasteiger partial charge < -0.3 is 5.32 Å². The Morgan fingerprint density at radius 1 is 1.65 bits per heavy atom. The van der Waals surface area contributed by atoms with Gasteiger partial charge in [-0.3, -0.25) is 9.48 Å². The average Bonchev–Trinajstić information content (AvgIpc) is 2.57. The van der Waals surface area contributed by atoms with Crippen molar-refractivity contribution in [3.8, 4) is 0 Å². The number of rotatable bonds is 7. The summed E-state index contributed by atoms with van der Waals surface area (Å²) in [4.78, 5) is 11.8. The highest BCUT2D eigenvalue weighted by molar-refractivity contribution is 9.10. The van der Waals surface area contributed by atoms with Gasteiger partial charge in [0.2, 0.25) is 0 Å². The summed E-state index contributed by atoms with van der Waals surface area (Å²) in [6.07, 6.45) is 2.14.